The first-order chi connectivity index (χ1) is 7.77. The molecule has 0 bridgehead atoms. The van der Waals surface area contributed by atoms with Gasteiger partial charge in [-0.2, -0.15) is 0 Å². The highest BCUT2D eigenvalue weighted by Crippen LogP contribution is 2.30. The van der Waals surface area contributed by atoms with Crippen molar-refractivity contribution >= 4 is 10.9 Å². The molecule has 3 heteroatoms. The second-order valence-electron chi connectivity index (χ2n) is 3.94. The molecule has 0 aliphatic heterocycles. The van der Waals surface area contributed by atoms with E-state index < -0.39 is 0 Å². The zero-order valence-corrected chi connectivity index (χ0v) is 9.73. The summed E-state index contributed by atoms with van der Waals surface area (Å²) >= 11 is 0. The lowest BCUT2D eigenvalue weighted by molar-refractivity contribution is 0.288. The Morgan fingerprint density at radius 3 is 2.81 bits per heavy atom. The van der Waals surface area contributed by atoms with Crippen LogP contribution in [0.1, 0.15) is 12.0 Å². The van der Waals surface area contributed by atoms with Crippen LogP contribution in [-0.2, 0) is 13.5 Å². The molecule has 1 N–H and O–H groups in total. The Balaban J connectivity index is 2.50. The van der Waals surface area contributed by atoms with Crippen molar-refractivity contribution in [2.45, 2.75) is 12.8 Å². The molecule has 1 aromatic heterocycles. The number of methoxy groups -OCH3 is 1. The maximum absolute atomic E-state index is 8.86. The van der Waals surface area contributed by atoms with Crippen LogP contribution in [-0.4, -0.2) is 23.4 Å². The van der Waals surface area contributed by atoms with Gasteiger partial charge in [-0.15, -0.1) is 0 Å². The summed E-state index contributed by atoms with van der Waals surface area (Å²) in [5.41, 5.74) is 2.33. The quantitative estimate of drug-likeness (QED) is 0.854. The normalized spacial score (nSPS) is 10.9. The van der Waals surface area contributed by atoms with Gasteiger partial charge >= 0.3 is 0 Å². The van der Waals surface area contributed by atoms with Crippen LogP contribution in [0.15, 0.2) is 24.4 Å². The highest BCUT2D eigenvalue weighted by atomic mass is 16.5. The molecule has 2 aromatic rings. The van der Waals surface area contributed by atoms with E-state index in [4.69, 9.17) is 9.84 Å². The van der Waals surface area contributed by atoms with Crippen LogP contribution in [0.5, 0.6) is 5.75 Å². The standard InChI is InChI=1S/C13H17NO2/c1-14-8-7-11-12(14)6-5-10(4-3-9-15)13(11)16-2/h5-8,15H,3-4,9H2,1-2H3. The third-order valence-electron chi connectivity index (χ3n) is 2.91. The molecule has 0 unspecified atom stereocenters. The van der Waals surface area contributed by atoms with Gasteiger partial charge in [0.2, 0.25) is 0 Å². The van der Waals surface area contributed by atoms with Crippen LogP contribution >= 0.6 is 0 Å². The van der Waals surface area contributed by atoms with Crippen molar-refractivity contribution in [3.8, 4) is 5.75 Å². The second-order valence-corrected chi connectivity index (χ2v) is 3.94. The number of rotatable bonds is 4. The smallest absolute Gasteiger partial charge is 0.131 e. The lowest BCUT2D eigenvalue weighted by atomic mass is 10.1. The van der Waals surface area contributed by atoms with Crippen LogP contribution in [0.25, 0.3) is 10.9 Å². The summed E-state index contributed by atoms with van der Waals surface area (Å²) in [7, 11) is 3.72. The summed E-state index contributed by atoms with van der Waals surface area (Å²) in [6.07, 6.45) is 3.65. The van der Waals surface area contributed by atoms with Gasteiger partial charge in [0.15, 0.2) is 0 Å². The first-order valence-electron chi connectivity index (χ1n) is 5.49. The number of hydrogen-bond acceptors (Lipinski definition) is 2. The van der Waals surface area contributed by atoms with E-state index in [2.05, 4.69) is 22.8 Å². The van der Waals surface area contributed by atoms with Crippen LogP contribution in [0.3, 0.4) is 0 Å². The number of aliphatic hydroxyl groups excluding tert-OH is 1. The Hall–Kier alpha value is -1.48. The number of nitrogens with zero attached hydrogens (tertiary/aromatic N) is 1. The van der Waals surface area contributed by atoms with Crippen molar-refractivity contribution in [1.82, 2.24) is 4.57 Å². The lowest BCUT2D eigenvalue weighted by Gasteiger charge is -2.09. The van der Waals surface area contributed by atoms with Crippen molar-refractivity contribution in [2.75, 3.05) is 13.7 Å². The highest BCUT2D eigenvalue weighted by molar-refractivity contribution is 5.87. The van der Waals surface area contributed by atoms with Crippen LogP contribution < -0.4 is 4.74 Å². The van der Waals surface area contributed by atoms with E-state index in [0.29, 0.717) is 0 Å². The van der Waals surface area contributed by atoms with Gasteiger partial charge in [-0.1, -0.05) is 6.07 Å². The number of hydrogen-bond donors (Lipinski definition) is 1. The first-order valence-corrected chi connectivity index (χ1v) is 5.49. The Morgan fingerprint density at radius 2 is 2.12 bits per heavy atom. The third-order valence-corrected chi connectivity index (χ3v) is 2.91. The minimum atomic E-state index is 0.218. The van der Waals surface area contributed by atoms with E-state index >= 15 is 0 Å². The molecule has 1 heterocycles. The maximum atomic E-state index is 8.86. The fraction of sp³-hybridized carbons (Fsp3) is 0.385. The topological polar surface area (TPSA) is 34.4 Å². The summed E-state index contributed by atoms with van der Waals surface area (Å²) in [6.45, 7) is 0.218. The second kappa shape index (κ2) is 4.58. The van der Waals surface area contributed by atoms with E-state index in [9.17, 15) is 0 Å². The Bertz CT molecular complexity index is 488. The Labute approximate surface area is 95.3 Å². The molecule has 0 atom stereocenters. The van der Waals surface area contributed by atoms with Gasteiger partial charge in [-0.3, -0.25) is 0 Å². The molecule has 0 spiro atoms. The van der Waals surface area contributed by atoms with Crippen LogP contribution in [0.4, 0.5) is 0 Å². The molecule has 16 heavy (non-hydrogen) atoms. The molecule has 0 saturated carbocycles. The van der Waals surface area contributed by atoms with Crippen LogP contribution in [0.2, 0.25) is 0 Å². The maximum Gasteiger partial charge on any atom is 0.131 e. The summed E-state index contributed by atoms with van der Waals surface area (Å²) in [5.74, 6) is 0.937. The van der Waals surface area contributed by atoms with Crippen molar-refractivity contribution in [1.29, 1.82) is 0 Å². The molecule has 1 aromatic carbocycles. The lowest BCUT2D eigenvalue weighted by Crippen LogP contribution is -1.95. The average molecular weight is 219 g/mol. The molecular formula is C13H17NO2. The molecule has 2 rings (SSSR count). The summed E-state index contributed by atoms with van der Waals surface area (Å²) < 4.78 is 7.55. The zero-order chi connectivity index (χ0) is 11.5. The SMILES string of the molecule is COc1c(CCCO)ccc2c1ccn2C. The largest absolute Gasteiger partial charge is 0.496 e. The summed E-state index contributed by atoms with van der Waals surface area (Å²) in [5, 5.41) is 10.0. The fourth-order valence-electron chi connectivity index (χ4n) is 2.08. The van der Waals surface area contributed by atoms with Crippen molar-refractivity contribution in [3.05, 3.63) is 30.0 Å². The summed E-state index contributed by atoms with van der Waals surface area (Å²) in [4.78, 5) is 0. The molecular weight excluding hydrogens is 202 g/mol. The number of aromatic nitrogens is 1. The van der Waals surface area contributed by atoms with Gasteiger partial charge in [0, 0.05) is 25.2 Å². The van der Waals surface area contributed by atoms with Gasteiger partial charge in [0.05, 0.1) is 12.6 Å². The van der Waals surface area contributed by atoms with Gasteiger partial charge in [-0.25, -0.2) is 0 Å². The van der Waals surface area contributed by atoms with E-state index in [1.807, 2.05) is 13.2 Å². The van der Waals surface area contributed by atoms with Crippen molar-refractivity contribution in [2.24, 2.45) is 7.05 Å². The molecule has 0 aliphatic carbocycles. The fourth-order valence-corrected chi connectivity index (χ4v) is 2.08. The molecule has 0 fully saturated rings. The molecule has 3 nitrogen and oxygen atoms in total. The number of fused-ring (bicyclic) bond motifs is 1. The number of aliphatic hydroxyl groups is 1. The van der Waals surface area contributed by atoms with E-state index in [0.717, 1.165) is 29.5 Å². The van der Waals surface area contributed by atoms with E-state index in [1.54, 1.807) is 7.11 Å². The minimum absolute atomic E-state index is 0.218. The third kappa shape index (κ3) is 1.78. The minimum Gasteiger partial charge on any atom is -0.496 e. The number of aryl methyl sites for hydroxylation is 2. The number of ether oxygens (including phenoxy) is 1. The zero-order valence-electron chi connectivity index (χ0n) is 9.73. The molecule has 0 radical (unpaired) electrons. The van der Waals surface area contributed by atoms with Gasteiger partial charge in [0.25, 0.3) is 0 Å². The van der Waals surface area contributed by atoms with E-state index in [-0.39, 0.29) is 6.61 Å². The Kier molecular flexibility index (Phi) is 3.15. The van der Waals surface area contributed by atoms with Crippen molar-refractivity contribution < 1.29 is 9.84 Å². The summed E-state index contributed by atoms with van der Waals surface area (Å²) in [6, 6.07) is 6.25. The highest BCUT2D eigenvalue weighted by Gasteiger charge is 2.09. The predicted molar refractivity (Wildman–Crippen MR) is 64.9 cm³/mol. The van der Waals surface area contributed by atoms with Crippen molar-refractivity contribution in [3.63, 3.8) is 0 Å². The number of benzene rings is 1. The predicted octanol–water partition coefficient (Wildman–Crippen LogP) is 2.11. The molecule has 86 valence electrons. The van der Waals surface area contributed by atoms with Crippen LogP contribution in [0, 0.1) is 0 Å². The molecule has 0 aliphatic rings. The van der Waals surface area contributed by atoms with E-state index in [1.165, 1.54) is 5.52 Å². The molecule has 0 amide bonds. The Morgan fingerprint density at radius 1 is 1.31 bits per heavy atom. The van der Waals surface area contributed by atoms with Gasteiger partial charge in [0.1, 0.15) is 5.75 Å². The van der Waals surface area contributed by atoms with Gasteiger partial charge < -0.3 is 14.4 Å². The monoisotopic (exact) mass is 219 g/mol. The molecule has 0 saturated heterocycles. The average Bonchev–Trinajstić information content (AvgIpc) is 2.68. The van der Waals surface area contributed by atoms with Gasteiger partial charge in [-0.05, 0) is 30.5 Å². The first kappa shape index (κ1) is 11.0.